The number of thioether (sulfide) groups is 2. The highest BCUT2D eigenvalue weighted by Crippen LogP contribution is 2.53. The number of carbonyl (C=O) groups excluding carboxylic acids is 1. The fourth-order valence-corrected chi connectivity index (χ4v) is 7.32. The highest BCUT2D eigenvalue weighted by molar-refractivity contribution is 8.25. The monoisotopic (exact) mass is 425 g/mol. The number of carbonyl (C=O) groups is 1. The smallest absolute Gasteiger partial charge is 0.254 e. The quantitative estimate of drug-likeness (QED) is 0.499. The Morgan fingerprint density at radius 1 is 0.733 bits per heavy atom. The number of amides is 1. The van der Waals surface area contributed by atoms with Gasteiger partial charge < -0.3 is 5.32 Å². The van der Waals surface area contributed by atoms with E-state index < -0.39 is 5.54 Å². The molecule has 146 valence electrons. The first-order valence-electron chi connectivity index (χ1n) is 10.1. The lowest BCUT2D eigenvalue weighted by Crippen LogP contribution is -2.48. The van der Waals surface area contributed by atoms with Gasteiger partial charge >= 0.3 is 0 Å². The van der Waals surface area contributed by atoms with Gasteiger partial charge in [-0.1, -0.05) is 78.9 Å². The molecular weight excluding hydrogens is 406 g/mol. The molecule has 1 saturated heterocycles. The molecule has 1 amide bonds. The van der Waals surface area contributed by atoms with Gasteiger partial charge in [-0.3, -0.25) is 4.79 Å². The van der Waals surface area contributed by atoms with Crippen molar-refractivity contribution >= 4 is 35.0 Å². The summed E-state index contributed by atoms with van der Waals surface area (Å²) < 4.78 is 1.14. The Bertz CT molecular complexity index is 1190. The molecule has 3 aliphatic rings. The van der Waals surface area contributed by atoms with Crippen LogP contribution < -0.4 is 5.32 Å². The lowest BCUT2D eigenvalue weighted by molar-refractivity contribution is -0.118. The Morgan fingerprint density at radius 2 is 1.30 bits per heavy atom. The van der Waals surface area contributed by atoms with Gasteiger partial charge in [0.2, 0.25) is 0 Å². The van der Waals surface area contributed by atoms with Crippen LogP contribution in [0.3, 0.4) is 0 Å². The van der Waals surface area contributed by atoms with Crippen molar-refractivity contribution in [3.63, 3.8) is 0 Å². The summed E-state index contributed by atoms with van der Waals surface area (Å²) in [7, 11) is 0. The summed E-state index contributed by atoms with van der Waals surface area (Å²) >= 11 is 3.59. The Kier molecular flexibility index (Phi) is 4.18. The molecule has 0 atom stereocenters. The first-order chi connectivity index (χ1) is 14.8. The van der Waals surface area contributed by atoms with Gasteiger partial charge in [0.1, 0.15) is 5.54 Å². The molecule has 2 nitrogen and oxygen atoms in total. The van der Waals surface area contributed by atoms with E-state index >= 15 is 0 Å². The molecule has 3 aromatic rings. The molecule has 0 bridgehead atoms. The third-order valence-corrected chi connectivity index (χ3v) is 8.72. The van der Waals surface area contributed by atoms with Crippen molar-refractivity contribution < 1.29 is 4.79 Å². The first-order valence-corrected chi connectivity index (χ1v) is 12.1. The van der Waals surface area contributed by atoms with E-state index in [1.807, 2.05) is 18.2 Å². The van der Waals surface area contributed by atoms with E-state index in [4.69, 9.17) is 0 Å². The maximum atomic E-state index is 13.7. The van der Waals surface area contributed by atoms with Crippen molar-refractivity contribution in [1.82, 2.24) is 5.32 Å². The molecule has 1 aliphatic carbocycles. The van der Waals surface area contributed by atoms with Crippen molar-refractivity contribution in [2.45, 2.75) is 5.54 Å². The minimum atomic E-state index is -0.645. The topological polar surface area (TPSA) is 29.1 Å². The molecule has 1 N–H and O–H groups in total. The number of benzene rings is 3. The van der Waals surface area contributed by atoms with E-state index in [1.54, 1.807) is 23.5 Å². The fourth-order valence-electron chi connectivity index (χ4n) is 4.75. The maximum Gasteiger partial charge on any atom is 0.254 e. The van der Waals surface area contributed by atoms with Gasteiger partial charge in [-0.2, -0.15) is 0 Å². The average Bonchev–Trinajstić information content (AvgIpc) is 3.41. The van der Waals surface area contributed by atoms with Crippen LogP contribution in [0, 0.1) is 0 Å². The SMILES string of the molecule is O=C1NC2(C=C(c3ccccc3)C1=C1SCCS1)c1ccccc1-c1ccccc12. The van der Waals surface area contributed by atoms with E-state index in [-0.39, 0.29) is 5.91 Å². The van der Waals surface area contributed by atoms with Gasteiger partial charge in [-0.25, -0.2) is 0 Å². The highest BCUT2D eigenvalue weighted by atomic mass is 32.2. The molecule has 0 aromatic heterocycles. The van der Waals surface area contributed by atoms with Crippen LogP contribution >= 0.6 is 23.5 Å². The predicted molar refractivity (Wildman–Crippen MR) is 127 cm³/mol. The second-order valence-corrected chi connectivity index (χ2v) is 10.1. The zero-order chi connectivity index (χ0) is 20.1. The second kappa shape index (κ2) is 6.93. The molecule has 4 heteroatoms. The van der Waals surface area contributed by atoms with Crippen LogP contribution in [0.1, 0.15) is 16.7 Å². The van der Waals surface area contributed by atoms with Crippen LogP contribution in [0.15, 0.2) is 94.7 Å². The van der Waals surface area contributed by atoms with E-state index in [2.05, 4.69) is 72.1 Å². The summed E-state index contributed by atoms with van der Waals surface area (Å²) in [6.45, 7) is 0. The summed E-state index contributed by atoms with van der Waals surface area (Å²) in [6, 6.07) is 27.2. The van der Waals surface area contributed by atoms with Crippen molar-refractivity contribution in [3.8, 4) is 11.1 Å². The predicted octanol–water partition coefficient (Wildman–Crippen LogP) is 5.82. The van der Waals surface area contributed by atoms with Gasteiger partial charge in [-0.05, 0) is 39.5 Å². The maximum absolute atomic E-state index is 13.7. The van der Waals surface area contributed by atoms with Gasteiger partial charge in [0.15, 0.2) is 0 Å². The van der Waals surface area contributed by atoms with Crippen LogP contribution in [-0.2, 0) is 10.3 Å². The standard InChI is InChI=1S/C26H19NOS2/c28-24-23(25-29-14-15-30-25)20(17-8-2-1-3-9-17)16-26(27-24)21-12-6-4-10-18(21)19-11-5-7-13-22(19)26/h1-13,16H,14-15H2,(H,27,28). The highest BCUT2D eigenvalue weighted by Gasteiger charge is 2.47. The number of nitrogens with one attached hydrogen (secondary N) is 1. The van der Waals surface area contributed by atoms with E-state index in [9.17, 15) is 4.79 Å². The Morgan fingerprint density at radius 3 is 1.93 bits per heavy atom. The third kappa shape index (κ3) is 2.57. The molecule has 30 heavy (non-hydrogen) atoms. The van der Waals surface area contributed by atoms with Crippen LogP contribution in [-0.4, -0.2) is 17.4 Å². The van der Waals surface area contributed by atoms with Gasteiger partial charge in [0.05, 0.1) is 9.81 Å². The summed E-state index contributed by atoms with van der Waals surface area (Å²) in [5, 5.41) is 3.43. The minimum absolute atomic E-state index is 0.0137. The minimum Gasteiger partial charge on any atom is -0.335 e. The number of hydrogen-bond acceptors (Lipinski definition) is 3. The van der Waals surface area contributed by atoms with Crippen LogP contribution in [0.4, 0.5) is 0 Å². The zero-order valence-electron chi connectivity index (χ0n) is 16.2. The Labute approximate surface area is 184 Å². The molecule has 0 saturated carbocycles. The molecule has 1 fully saturated rings. The molecule has 0 radical (unpaired) electrons. The summed E-state index contributed by atoms with van der Waals surface area (Å²) in [4.78, 5) is 13.7. The van der Waals surface area contributed by atoms with Crippen molar-refractivity contribution in [1.29, 1.82) is 0 Å². The normalized spacial score (nSPS) is 18.8. The van der Waals surface area contributed by atoms with Crippen LogP contribution in [0.2, 0.25) is 0 Å². The summed E-state index contributed by atoms with van der Waals surface area (Å²) in [5.74, 6) is 2.12. The molecule has 3 aromatic carbocycles. The average molecular weight is 426 g/mol. The van der Waals surface area contributed by atoms with Crippen molar-refractivity contribution in [2.24, 2.45) is 0 Å². The lowest BCUT2D eigenvalue weighted by Gasteiger charge is -2.36. The molecule has 1 spiro atoms. The summed E-state index contributed by atoms with van der Waals surface area (Å²) in [6.07, 6.45) is 2.29. The van der Waals surface area contributed by atoms with Gasteiger partial charge in [0.25, 0.3) is 5.91 Å². The fraction of sp³-hybridized carbons (Fsp3) is 0.115. The molecule has 6 rings (SSSR count). The van der Waals surface area contributed by atoms with E-state index in [0.717, 1.165) is 43.6 Å². The Balaban J connectivity index is 1.68. The largest absolute Gasteiger partial charge is 0.335 e. The van der Waals surface area contributed by atoms with Gasteiger partial charge in [0, 0.05) is 11.5 Å². The third-order valence-electron chi connectivity index (χ3n) is 6.00. The molecular formula is C26H19NOS2. The zero-order valence-corrected chi connectivity index (χ0v) is 17.9. The van der Waals surface area contributed by atoms with E-state index in [0.29, 0.717) is 0 Å². The molecule has 2 aliphatic heterocycles. The van der Waals surface area contributed by atoms with Crippen molar-refractivity contribution in [3.05, 3.63) is 111 Å². The molecule has 0 unspecified atom stereocenters. The van der Waals surface area contributed by atoms with E-state index in [1.165, 1.54) is 11.1 Å². The second-order valence-electron chi connectivity index (χ2n) is 7.64. The van der Waals surface area contributed by atoms with Gasteiger partial charge in [-0.15, -0.1) is 23.5 Å². The number of fused-ring (bicyclic) bond motifs is 5. The number of rotatable bonds is 1. The van der Waals surface area contributed by atoms with Crippen molar-refractivity contribution in [2.75, 3.05) is 11.5 Å². The first kappa shape index (κ1) is 18.1. The lowest BCUT2D eigenvalue weighted by atomic mass is 9.79. The Hall–Kier alpha value is -2.69. The van der Waals surface area contributed by atoms with Crippen LogP contribution in [0.25, 0.3) is 16.7 Å². The van der Waals surface area contributed by atoms with Crippen LogP contribution in [0.5, 0.6) is 0 Å². The number of hydrogen-bond donors (Lipinski definition) is 1. The summed E-state index contributed by atoms with van der Waals surface area (Å²) in [5.41, 5.74) is 6.96. The molecule has 2 heterocycles.